The Bertz CT molecular complexity index is 565. The average Bonchev–Trinajstić information content (AvgIpc) is 2.46. The molecule has 0 aliphatic rings. The van der Waals surface area contributed by atoms with Gasteiger partial charge in [0, 0.05) is 18.3 Å². The number of nitrogens with zero attached hydrogens (tertiary/aromatic N) is 1. The van der Waals surface area contributed by atoms with Crippen LogP contribution in [-0.2, 0) is 6.42 Å². The highest BCUT2D eigenvalue weighted by Gasteiger charge is 2.13. The maximum Gasteiger partial charge on any atom is 0.185 e. The first-order valence-corrected chi connectivity index (χ1v) is 6.07. The minimum atomic E-state index is -0.0192. The fourth-order valence-electron chi connectivity index (χ4n) is 1.83. The Labute approximate surface area is 112 Å². The molecule has 0 amide bonds. The van der Waals surface area contributed by atoms with Gasteiger partial charge in [0.1, 0.15) is 11.4 Å². The average molecular weight is 256 g/mol. The highest BCUT2D eigenvalue weighted by Crippen LogP contribution is 2.17. The first kappa shape index (κ1) is 13.1. The van der Waals surface area contributed by atoms with Crippen LogP contribution in [0.2, 0.25) is 0 Å². The van der Waals surface area contributed by atoms with Gasteiger partial charge in [0.2, 0.25) is 0 Å². The number of aryl methyl sites for hydroxylation is 1. The van der Waals surface area contributed by atoms with Crippen LogP contribution < -0.4 is 10.5 Å². The summed E-state index contributed by atoms with van der Waals surface area (Å²) in [4.78, 5) is 16.2. The van der Waals surface area contributed by atoms with Crippen molar-refractivity contribution in [1.82, 2.24) is 4.98 Å². The fourth-order valence-corrected chi connectivity index (χ4v) is 1.83. The van der Waals surface area contributed by atoms with Crippen molar-refractivity contribution in [3.8, 4) is 5.75 Å². The van der Waals surface area contributed by atoms with E-state index in [-0.39, 0.29) is 5.78 Å². The second-order valence-corrected chi connectivity index (χ2v) is 4.22. The van der Waals surface area contributed by atoms with Gasteiger partial charge in [-0.3, -0.25) is 4.79 Å². The van der Waals surface area contributed by atoms with E-state index < -0.39 is 0 Å². The van der Waals surface area contributed by atoms with E-state index in [1.807, 2.05) is 24.3 Å². The summed E-state index contributed by atoms with van der Waals surface area (Å²) >= 11 is 0. The number of Topliss-reactive ketones (excluding diaryl/α,β-unsaturated/α-hetero) is 1. The topological polar surface area (TPSA) is 65.2 Å². The maximum absolute atomic E-state index is 12.1. The third-order valence-electron chi connectivity index (χ3n) is 2.88. The van der Waals surface area contributed by atoms with E-state index in [1.54, 1.807) is 18.3 Å². The number of carbonyl (C=O) groups is 1. The second kappa shape index (κ2) is 6.00. The van der Waals surface area contributed by atoms with E-state index >= 15 is 0 Å². The van der Waals surface area contributed by atoms with E-state index in [0.29, 0.717) is 24.3 Å². The number of rotatable bonds is 5. The smallest absolute Gasteiger partial charge is 0.185 e. The number of ketones is 1. The summed E-state index contributed by atoms with van der Waals surface area (Å²) in [5.74, 6) is 0.499. The molecule has 0 unspecified atom stereocenters. The molecule has 0 atom stereocenters. The number of ether oxygens (including phenoxy) is 1. The summed E-state index contributed by atoms with van der Waals surface area (Å²) in [5, 5.41) is 0. The van der Waals surface area contributed by atoms with E-state index in [0.717, 1.165) is 11.3 Å². The van der Waals surface area contributed by atoms with Crippen molar-refractivity contribution in [3.05, 3.63) is 53.9 Å². The van der Waals surface area contributed by atoms with E-state index in [4.69, 9.17) is 10.5 Å². The first-order valence-electron chi connectivity index (χ1n) is 6.07. The predicted molar refractivity (Wildman–Crippen MR) is 74.3 cm³/mol. The largest absolute Gasteiger partial charge is 0.494 e. The summed E-state index contributed by atoms with van der Waals surface area (Å²) in [7, 11) is 1.54. The Kier molecular flexibility index (Phi) is 4.13. The van der Waals surface area contributed by atoms with Crippen LogP contribution in [-0.4, -0.2) is 17.9 Å². The van der Waals surface area contributed by atoms with Gasteiger partial charge in [-0.15, -0.1) is 0 Å². The summed E-state index contributed by atoms with van der Waals surface area (Å²) < 4.78 is 5.13. The van der Waals surface area contributed by atoms with Crippen molar-refractivity contribution in [2.45, 2.75) is 12.8 Å². The minimum absolute atomic E-state index is 0.0192. The number of benzene rings is 1. The van der Waals surface area contributed by atoms with Crippen LogP contribution in [0.4, 0.5) is 5.69 Å². The molecule has 19 heavy (non-hydrogen) atoms. The van der Waals surface area contributed by atoms with Gasteiger partial charge < -0.3 is 10.5 Å². The fraction of sp³-hybridized carbons (Fsp3) is 0.200. The first-order chi connectivity index (χ1) is 9.20. The molecule has 0 aliphatic carbocycles. The van der Waals surface area contributed by atoms with Gasteiger partial charge >= 0.3 is 0 Å². The van der Waals surface area contributed by atoms with Crippen LogP contribution in [0.25, 0.3) is 0 Å². The molecule has 1 aromatic carbocycles. The van der Waals surface area contributed by atoms with E-state index in [2.05, 4.69) is 4.98 Å². The lowest BCUT2D eigenvalue weighted by atomic mass is 10.1. The van der Waals surface area contributed by atoms with Gasteiger partial charge in [0.05, 0.1) is 7.11 Å². The molecular weight excluding hydrogens is 240 g/mol. The van der Waals surface area contributed by atoms with E-state index in [1.165, 1.54) is 7.11 Å². The molecule has 0 spiro atoms. The van der Waals surface area contributed by atoms with Gasteiger partial charge in [0.15, 0.2) is 5.78 Å². The Morgan fingerprint density at radius 2 is 2.00 bits per heavy atom. The third kappa shape index (κ3) is 3.31. The normalized spacial score (nSPS) is 10.2. The maximum atomic E-state index is 12.1. The van der Waals surface area contributed by atoms with Crippen LogP contribution in [0.5, 0.6) is 5.75 Å². The lowest BCUT2D eigenvalue weighted by Crippen LogP contribution is -2.06. The van der Waals surface area contributed by atoms with E-state index in [9.17, 15) is 4.79 Å². The molecule has 4 nitrogen and oxygen atoms in total. The zero-order chi connectivity index (χ0) is 13.7. The third-order valence-corrected chi connectivity index (χ3v) is 2.88. The molecule has 2 rings (SSSR count). The molecule has 4 heteroatoms. The summed E-state index contributed by atoms with van der Waals surface area (Å²) in [5.41, 5.74) is 7.81. The van der Waals surface area contributed by atoms with Crippen LogP contribution >= 0.6 is 0 Å². The molecule has 2 N–H and O–H groups in total. The number of nitrogen functional groups attached to an aromatic ring is 1. The van der Waals surface area contributed by atoms with Gasteiger partial charge in [-0.2, -0.15) is 0 Å². The monoisotopic (exact) mass is 256 g/mol. The minimum Gasteiger partial charge on any atom is -0.494 e. The number of aromatic nitrogens is 1. The number of hydrogen-bond acceptors (Lipinski definition) is 4. The molecule has 0 saturated heterocycles. The standard InChI is InChI=1S/C15H16N2O2/c1-19-14-3-2-10-17-15(14)13(18)9-6-11-4-7-12(16)8-5-11/h2-5,7-8,10H,6,9,16H2,1H3. The number of methoxy groups -OCH3 is 1. The Hall–Kier alpha value is -2.36. The van der Waals surface area contributed by atoms with Crippen LogP contribution in [0.1, 0.15) is 22.5 Å². The van der Waals surface area contributed by atoms with Gasteiger partial charge in [-0.25, -0.2) is 4.98 Å². The molecule has 0 saturated carbocycles. The molecule has 2 aromatic rings. The van der Waals surface area contributed by atoms with Crippen molar-refractivity contribution in [1.29, 1.82) is 0 Å². The quantitative estimate of drug-likeness (QED) is 0.659. The van der Waals surface area contributed by atoms with Crippen molar-refractivity contribution >= 4 is 11.5 Å². The molecule has 98 valence electrons. The Balaban J connectivity index is 2.03. The zero-order valence-corrected chi connectivity index (χ0v) is 10.8. The Morgan fingerprint density at radius 3 is 2.68 bits per heavy atom. The molecular formula is C15H16N2O2. The zero-order valence-electron chi connectivity index (χ0n) is 10.8. The van der Waals surface area contributed by atoms with Crippen molar-refractivity contribution < 1.29 is 9.53 Å². The lowest BCUT2D eigenvalue weighted by molar-refractivity contribution is 0.0975. The predicted octanol–water partition coefficient (Wildman–Crippen LogP) is 2.49. The number of anilines is 1. The number of carbonyl (C=O) groups excluding carboxylic acids is 1. The molecule has 0 bridgehead atoms. The summed E-state index contributed by atoms with van der Waals surface area (Å²) in [6.07, 6.45) is 2.66. The van der Waals surface area contributed by atoms with Gasteiger partial charge in [-0.1, -0.05) is 12.1 Å². The number of pyridine rings is 1. The van der Waals surface area contributed by atoms with Crippen molar-refractivity contribution in [2.75, 3.05) is 12.8 Å². The van der Waals surface area contributed by atoms with Crippen LogP contribution in [0.15, 0.2) is 42.6 Å². The highest BCUT2D eigenvalue weighted by molar-refractivity contribution is 5.96. The second-order valence-electron chi connectivity index (χ2n) is 4.22. The lowest BCUT2D eigenvalue weighted by Gasteiger charge is -2.06. The Morgan fingerprint density at radius 1 is 1.26 bits per heavy atom. The molecule has 0 radical (unpaired) electrons. The molecule has 0 aliphatic heterocycles. The SMILES string of the molecule is COc1cccnc1C(=O)CCc1ccc(N)cc1. The number of nitrogens with two attached hydrogens (primary N) is 1. The summed E-state index contributed by atoms with van der Waals surface area (Å²) in [6, 6.07) is 11.0. The molecule has 1 heterocycles. The van der Waals surface area contributed by atoms with Crippen molar-refractivity contribution in [3.63, 3.8) is 0 Å². The molecule has 1 aromatic heterocycles. The highest BCUT2D eigenvalue weighted by atomic mass is 16.5. The molecule has 0 fully saturated rings. The van der Waals surface area contributed by atoms with Gasteiger partial charge in [0.25, 0.3) is 0 Å². The summed E-state index contributed by atoms with van der Waals surface area (Å²) in [6.45, 7) is 0. The van der Waals surface area contributed by atoms with Gasteiger partial charge in [-0.05, 0) is 36.2 Å². The van der Waals surface area contributed by atoms with Crippen LogP contribution in [0, 0.1) is 0 Å². The van der Waals surface area contributed by atoms with Crippen LogP contribution in [0.3, 0.4) is 0 Å². The number of hydrogen-bond donors (Lipinski definition) is 1. The van der Waals surface area contributed by atoms with Crippen molar-refractivity contribution in [2.24, 2.45) is 0 Å².